The van der Waals surface area contributed by atoms with E-state index in [1.807, 2.05) is 18.0 Å². The first-order chi connectivity index (χ1) is 10.2. The van der Waals surface area contributed by atoms with Gasteiger partial charge in [0.2, 0.25) is 5.91 Å². The molecule has 0 fully saturated rings. The number of amides is 1. The summed E-state index contributed by atoms with van der Waals surface area (Å²) in [7, 11) is 1.88. The van der Waals surface area contributed by atoms with E-state index in [1.54, 1.807) is 22.7 Å². The molecule has 0 spiro atoms. The van der Waals surface area contributed by atoms with Crippen LogP contribution in [0.4, 0.5) is 0 Å². The van der Waals surface area contributed by atoms with Gasteiger partial charge in [0.25, 0.3) is 0 Å². The Kier molecular flexibility index (Phi) is 4.51. The van der Waals surface area contributed by atoms with Gasteiger partial charge in [-0.15, -0.1) is 22.7 Å². The second-order valence-corrected chi connectivity index (χ2v) is 7.10. The second kappa shape index (κ2) is 6.54. The largest absolute Gasteiger partial charge is 0.340 e. The van der Waals surface area contributed by atoms with E-state index in [-0.39, 0.29) is 11.8 Å². The molecular weight excluding hydrogens is 300 g/mol. The predicted molar refractivity (Wildman–Crippen MR) is 88.4 cm³/mol. The van der Waals surface area contributed by atoms with Crippen LogP contribution in [0.15, 0.2) is 35.0 Å². The van der Waals surface area contributed by atoms with Gasteiger partial charge in [0.15, 0.2) is 0 Å². The zero-order valence-electron chi connectivity index (χ0n) is 12.0. The fraction of sp³-hybridized carbons (Fsp3) is 0.375. The van der Waals surface area contributed by atoms with Crippen LogP contribution in [-0.2, 0) is 11.3 Å². The Balaban J connectivity index is 1.63. The van der Waals surface area contributed by atoms with Crippen LogP contribution >= 0.6 is 22.7 Å². The molecule has 2 aromatic heterocycles. The van der Waals surface area contributed by atoms with Crippen molar-refractivity contribution >= 4 is 28.6 Å². The molecule has 1 amide bonds. The fourth-order valence-corrected chi connectivity index (χ4v) is 4.17. The van der Waals surface area contributed by atoms with E-state index in [2.05, 4.69) is 34.0 Å². The summed E-state index contributed by atoms with van der Waals surface area (Å²) in [4.78, 5) is 20.1. The molecule has 2 aromatic rings. The van der Waals surface area contributed by atoms with E-state index in [0.29, 0.717) is 6.54 Å². The lowest BCUT2D eigenvalue weighted by atomic mass is 9.93. The summed E-state index contributed by atoms with van der Waals surface area (Å²) in [6, 6.07) is 4.11. The summed E-state index contributed by atoms with van der Waals surface area (Å²) in [6.07, 6.45) is 7.15. The Morgan fingerprint density at radius 3 is 3.05 bits per heavy atom. The van der Waals surface area contributed by atoms with E-state index in [0.717, 1.165) is 30.0 Å². The first-order valence-corrected chi connectivity index (χ1v) is 8.88. The summed E-state index contributed by atoms with van der Waals surface area (Å²) < 4.78 is 0. The van der Waals surface area contributed by atoms with Crippen molar-refractivity contribution in [3.63, 3.8) is 0 Å². The van der Waals surface area contributed by atoms with Gasteiger partial charge in [-0.25, -0.2) is 4.98 Å². The molecule has 1 atom stereocenters. The van der Waals surface area contributed by atoms with Crippen molar-refractivity contribution in [2.75, 3.05) is 7.05 Å². The quantitative estimate of drug-likeness (QED) is 0.792. The molecule has 0 unspecified atom stereocenters. The van der Waals surface area contributed by atoms with Crippen LogP contribution in [0.5, 0.6) is 0 Å². The standard InChI is InChI=1S/C16H18N2OS2/c1-18(16(19)12-6-3-2-4-7-12)10-13-11-21-15(17-13)14-8-5-9-20-14/h2-3,5,8-9,11-12H,4,6-7,10H2,1H3/t12-/m1/s1. The van der Waals surface area contributed by atoms with E-state index < -0.39 is 0 Å². The van der Waals surface area contributed by atoms with Crippen LogP contribution in [0.1, 0.15) is 25.0 Å². The van der Waals surface area contributed by atoms with Gasteiger partial charge < -0.3 is 4.90 Å². The van der Waals surface area contributed by atoms with Crippen LogP contribution in [0.2, 0.25) is 0 Å². The molecule has 110 valence electrons. The summed E-state index contributed by atoms with van der Waals surface area (Å²) in [5.74, 6) is 0.389. The molecule has 1 aliphatic carbocycles. The number of carbonyl (C=O) groups excluding carboxylic acids is 1. The molecule has 3 rings (SSSR count). The van der Waals surface area contributed by atoms with Crippen molar-refractivity contribution in [1.82, 2.24) is 9.88 Å². The number of carbonyl (C=O) groups is 1. The molecule has 0 radical (unpaired) electrons. The summed E-state index contributed by atoms with van der Waals surface area (Å²) in [5.41, 5.74) is 0.977. The molecule has 0 aliphatic heterocycles. The zero-order valence-corrected chi connectivity index (χ0v) is 13.6. The minimum atomic E-state index is 0.149. The number of aromatic nitrogens is 1. The Morgan fingerprint density at radius 2 is 2.33 bits per heavy atom. The Hall–Kier alpha value is -1.46. The molecule has 0 bridgehead atoms. The van der Waals surface area contributed by atoms with E-state index in [9.17, 15) is 4.79 Å². The summed E-state index contributed by atoms with van der Waals surface area (Å²) >= 11 is 3.34. The molecule has 0 N–H and O–H groups in total. The number of hydrogen-bond donors (Lipinski definition) is 0. The molecular formula is C16H18N2OS2. The highest BCUT2D eigenvalue weighted by atomic mass is 32.1. The van der Waals surface area contributed by atoms with E-state index in [1.165, 1.54) is 4.88 Å². The van der Waals surface area contributed by atoms with Gasteiger partial charge in [-0.3, -0.25) is 4.79 Å². The van der Waals surface area contributed by atoms with Crippen molar-refractivity contribution < 1.29 is 4.79 Å². The van der Waals surface area contributed by atoms with Crippen LogP contribution < -0.4 is 0 Å². The highest BCUT2D eigenvalue weighted by molar-refractivity contribution is 7.20. The minimum Gasteiger partial charge on any atom is -0.340 e. The average Bonchev–Trinajstić information content (AvgIpc) is 3.18. The number of allylic oxidation sites excluding steroid dienone is 2. The topological polar surface area (TPSA) is 33.2 Å². The van der Waals surface area contributed by atoms with Gasteiger partial charge in [0, 0.05) is 18.3 Å². The van der Waals surface area contributed by atoms with Crippen molar-refractivity contribution in [2.45, 2.75) is 25.8 Å². The molecule has 0 saturated carbocycles. The predicted octanol–water partition coefficient (Wildman–Crippen LogP) is 4.19. The molecule has 0 saturated heterocycles. The van der Waals surface area contributed by atoms with Crippen molar-refractivity contribution in [3.05, 3.63) is 40.7 Å². The zero-order chi connectivity index (χ0) is 14.7. The van der Waals surface area contributed by atoms with Gasteiger partial charge in [0.05, 0.1) is 17.1 Å². The van der Waals surface area contributed by atoms with Crippen molar-refractivity contribution in [1.29, 1.82) is 0 Å². The molecule has 2 heterocycles. The molecule has 21 heavy (non-hydrogen) atoms. The maximum atomic E-state index is 12.4. The minimum absolute atomic E-state index is 0.149. The molecule has 5 heteroatoms. The summed E-state index contributed by atoms with van der Waals surface area (Å²) in [5, 5.41) is 5.16. The van der Waals surface area contributed by atoms with Gasteiger partial charge in [0.1, 0.15) is 5.01 Å². The molecule has 1 aliphatic rings. The van der Waals surface area contributed by atoms with Gasteiger partial charge in [-0.05, 0) is 30.7 Å². The maximum absolute atomic E-state index is 12.4. The number of rotatable bonds is 4. The van der Waals surface area contributed by atoms with Gasteiger partial charge >= 0.3 is 0 Å². The lowest BCUT2D eigenvalue weighted by Gasteiger charge is -2.23. The second-order valence-electron chi connectivity index (χ2n) is 5.30. The Bertz CT molecular complexity index is 631. The van der Waals surface area contributed by atoms with Gasteiger partial charge in [-0.2, -0.15) is 0 Å². The third kappa shape index (κ3) is 3.41. The van der Waals surface area contributed by atoms with Crippen LogP contribution in [0, 0.1) is 5.92 Å². The average molecular weight is 318 g/mol. The third-order valence-corrected chi connectivity index (χ3v) is 5.61. The highest BCUT2D eigenvalue weighted by Crippen LogP contribution is 2.28. The Labute approximate surface area is 132 Å². The monoisotopic (exact) mass is 318 g/mol. The number of nitrogens with zero attached hydrogens (tertiary/aromatic N) is 2. The lowest BCUT2D eigenvalue weighted by molar-refractivity contribution is -0.135. The van der Waals surface area contributed by atoms with E-state index in [4.69, 9.17) is 0 Å². The third-order valence-electron chi connectivity index (χ3n) is 3.68. The molecule has 0 aromatic carbocycles. The van der Waals surface area contributed by atoms with E-state index >= 15 is 0 Å². The lowest BCUT2D eigenvalue weighted by Crippen LogP contribution is -2.33. The summed E-state index contributed by atoms with van der Waals surface area (Å²) in [6.45, 7) is 0.598. The van der Waals surface area contributed by atoms with Crippen LogP contribution in [0.25, 0.3) is 9.88 Å². The first-order valence-electron chi connectivity index (χ1n) is 7.12. The SMILES string of the molecule is CN(Cc1csc(-c2cccs2)n1)C(=O)[C@@H]1CC=CCC1. The highest BCUT2D eigenvalue weighted by Gasteiger charge is 2.22. The fourth-order valence-electron chi connectivity index (χ4n) is 2.54. The van der Waals surface area contributed by atoms with Crippen LogP contribution in [0.3, 0.4) is 0 Å². The maximum Gasteiger partial charge on any atom is 0.226 e. The molecule has 3 nitrogen and oxygen atoms in total. The number of hydrogen-bond acceptors (Lipinski definition) is 4. The van der Waals surface area contributed by atoms with Crippen molar-refractivity contribution in [3.8, 4) is 9.88 Å². The first kappa shape index (κ1) is 14.5. The van der Waals surface area contributed by atoms with Gasteiger partial charge in [-0.1, -0.05) is 18.2 Å². The normalized spacial score (nSPS) is 17.9. The number of thiazole rings is 1. The Morgan fingerprint density at radius 1 is 1.43 bits per heavy atom. The number of thiophene rings is 1. The smallest absolute Gasteiger partial charge is 0.226 e. The van der Waals surface area contributed by atoms with Crippen molar-refractivity contribution in [2.24, 2.45) is 5.92 Å². The van der Waals surface area contributed by atoms with Crippen LogP contribution in [-0.4, -0.2) is 22.8 Å².